The van der Waals surface area contributed by atoms with E-state index in [9.17, 15) is 0 Å². The van der Waals surface area contributed by atoms with Gasteiger partial charge in [0.15, 0.2) is 0 Å². The topological polar surface area (TPSA) is 49.7 Å². The predicted molar refractivity (Wildman–Crippen MR) is 45.6 cm³/mol. The third-order valence-electron chi connectivity index (χ3n) is 0.809. The molecule has 2 N–H and O–H groups in total. The van der Waals surface area contributed by atoms with Crippen molar-refractivity contribution in [2.24, 2.45) is 0 Å². The minimum absolute atomic E-state index is 0.108. The second-order valence-electron chi connectivity index (χ2n) is 1.68. The SMILES string of the molecule is CCOCC.O/C=C/CCO. The van der Waals surface area contributed by atoms with E-state index in [-0.39, 0.29) is 6.61 Å². The van der Waals surface area contributed by atoms with Gasteiger partial charge in [0.1, 0.15) is 0 Å². The largest absolute Gasteiger partial charge is 0.516 e. The predicted octanol–water partition coefficient (Wildman–Crippen LogP) is 1.48. The molecule has 0 unspecified atom stereocenters. The third-order valence-corrected chi connectivity index (χ3v) is 0.809. The third kappa shape index (κ3) is 26.5. The zero-order valence-corrected chi connectivity index (χ0v) is 7.29. The maximum absolute atomic E-state index is 8.04. The van der Waals surface area contributed by atoms with Crippen molar-refractivity contribution in [1.29, 1.82) is 0 Å². The average molecular weight is 162 g/mol. The molecule has 0 saturated heterocycles. The van der Waals surface area contributed by atoms with Crippen molar-refractivity contribution in [2.45, 2.75) is 20.3 Å². The van der Waals surface area contributed by atoms with Crippen molar-refractivity contribution < 1.29 is 14.9 Å². The van der Waals surface area contributed by atoms with Gasteiger partial charge < -0.3 is 14.9 Å². The van der Waals surface area contributed by atoms with E-state index in [0.717, 1.165) is 19.5 Å². The van der Waals surface area contributed by atoms with Gasteiger partial charge in [0.2, 0.25) is 0 Å². The van der Waals surface area contributed by atoms with E-state index in [1.165, 1.54) is 6.08 Å². The van der Waals surface area contributed by atoms with E-state index in [2.05, 4.69) is 0 Å². The molecule has 68 valence electrons. The molecule has 0 aliphatic carbocycles. The first-order chi connectivity index (χ1) is 5.33. The lowest BCUT2D eigenvalue weighted by atomic mass is 10.5. The maximum Gasteiger partial charge on any atom is 0.0752 e. The first kappa shape index (κ1) is 13.1. The van der Waals surface area contributed by atoms with Crippen molar-refractivity contribution in [3.05, 3.63) is 12.3 Å². The van der Waals surface area contributed by atoms with E-state index in [0.29, 0.717) is 6.42 Å². The Hall–Kier alpha value is -0.540. The molecule has 0 aromatic heterocycles. The zero-order valence-electron chi connectivity index (χ0n) is 7.29. The van der Waals surface area contributed by atoms with Gasteiger partial charge in [0.05, 0.1) is 6.26 Å². The second kappa shape index (κ2) is 16.2. The van der Waals surface area contributed by atoms with Crippen molar-refractivity contribution >= 4 is 0 Å². The van der Waals surface area contributed by atoms with Crippen LogP contribution in [-0.2, 0) is 4.74 Å². The Morgan fingerprint density at radius 2 is 1.82 bits per heavy atom. The number of aliphatic hydroxyl groups excluding tert-OH is 2. The number of rotatable bonds is 4. The summed E-state index contributed by atoms with van der Waals surface area (Å²) in [6, 6.07) is 0. The lowest BCUT2D eigenvalue weighted by Gasteiger charge is -1.86. The molecule has 0 aliphatic heterocycles. The maximum atomic E-state index is 8.04. The highest BCUT2D eigenvalue weighted by atomic mass is 16.5. The van der Waals surface area contributed by atoms with Gasteiger partial charge in [-0.2, -0.15) is 0 Å². The lowest BCUT2D eigenvalue weighted by molar-refractivity contribution is 0.162. The van der Waals surface area contributed by atoms with E-state index in [1.54, 1.807) is 0 Å². The zero-order chi connectivity index (χ0) is 8.95. The van der Waals surface area contributed by atoms with Gasteiger partial charge in [0, 0.05) is 19.8 Å². The fourth-order valence-electron chi connectivity index (χ4n) is 0.353. The summed E-state index contributed by atoms with van der Waals surface area (Å²) in [6.45, 7) is 5.77. The molecule has 0 bridgehead atoms. The fraction of sp³-hybridized carbons (Fsp3) is 0.750. The summed E-state index contributed by atoms with van der Waals surface area (Å²) in [5, 5.41) is 15.9. The van der Waals surface area contributed by atoms with Crippen molar-refractivity contribution in [3.63, 3.8) is 0 Å². The lowest BCUT2D eigenvalue weighted by Crippen LogP contribution is -1.84. The molecule has 0 amide bonds. The van der Waals surface area contributed by atoms with Gasteiger partial charge in [-0.05, 0) is 26.3 Å². The van der Waals surface area contributed by atoms with Crippen LogP contribution in [-0.4, -0.2) is 30.0 Å². The fourth-order valence-corrected chi connectivity index (χ4v) is 0.353. The molecular formula is C8H18O3. The van der Waals surface area contributed by atoms with Crippen molar-refractivity contribution in [1.82, 2.24) is 0 Å². The van der Waals surface area contributed by atoms with Crippen LogP contribution in [0.4, 0.5) is 0 Å². The minimum Gasteiger partial charge on any atom is -0.516 e. The molecule has 0 aromatic carbocycles. The van der Waals surface area contributed by atoms with Crippen molar-refractivity contribution in [3.8, 4) is 0 Å². The average Bonchev–Trinajstić information content (AvgIpc) is 2.04. The van der Waals surface area contributed by atoms with Crippen LogP contribution in [0.25, 0.3) is 0 Å². The smallest absolute Gasteiger partial charge is 0.0752 e. The normalized spacial score (nSPS) is 9.36. The van der Waals surface area contributed by atoms with Crippen LogP contribution in [0.15, 0.2) is 12.3 Å². The number of aliphatic hydroxyl groups is 2. The van der Waals surface area contributed by atoms with Crippen LogP contribution >= 0.6 is 0 Å². The summed E-state index contributed by atoms with van der Waals surface area (Å²) in [4.78, 5) is 0. The van der Waals surface area contributed by atoms with Crippen LogP contribution < -0.4 is 0 Å². The van der Waals surface area contributed by atoms with Gasteiger partial charge in [0.25, 0.3) is 0 Å². The first-order valence-electron chi connectivity index (χ1n) is 3.81. The van der Waals surface area contributed by atoms with E-state index < -0.39 is 0 Å². The van der Waals surface area contributed by atoms with Crippen LogP contribution in [0.5, 0.6) is 0 Å². The first-order valence-corrected chi connectivity index (χ1v) is 3.81. The molecule has 3 nitrogen and oxygen atoms in total. The minimum atomic E-state index is 0.108. The molecule has 0 spiro atoms. The van der Waals surface area contributed by atoms with Gasteiger partial charge in [-0.25, -0.2) is 0 Å². The van der Waals surface area contributed by atoms with E-state index in [4.69, 9.17) is 14.9 Å². The Morgan fingerprint density at radius 3 is 1.91 bits per heavy atom. The molecule has 11 heavy (non-hydrogen) atoms. The standard InChI is InChI=1S/C4H8O2.C4H10O/c5-3-1-2-4-6;1-3-5-4-2/h1,3,5-6H,2,4H2;3-4H2,1-2H3/b3-1+;. The highest BCUT2D eigenvalue weighted by Crippen LogP contribution is 1.74. The molecular weight excluding hydrogens is 144 g/mol. The molecule has 3 heteroatoms. The summed E-state index contributed by atoms with van der Waals surface area (Å²) in [7, 11) is 0. The van der Waals surface area contributed by atoms with Gasteiger partial charge in [-0.1, -0.05) is 0 Å². The van der Waals surface area contributed by atoms with Crippen LogP contribution in [0, 0.1) is 0 Å². The van der Waals surface area contributed by atoms with Gasteiger partial charge in [-0.15, -0.1) is 0 Å². The van der Waals surface area contributed by atoms with Crippen molar-refractivity contribution in [2.75, 3.05) is 19.8 Å². The number of hydrogen-bond donors (Lipinski definition) is 2. The number of ether oxygens (including phenoxy) is 1. The van der Waals surface area contributed by atoms with Gasteiger partial charge >= 0.3 is 0 Å². The summed E-state index contributed by atoms with van der Waals surface area (Å²) in [6.07, 6.45) is 2.95. The highest BCUT2D eigenvalue weighted by molar-refractivity contribution is 4.69. The number of hydrogen-bond acceptors (Lipinski definition) is 3. The molecule has 0 saturated carbocycles. The Balaban J connectivity index is 0. The Kier molecular flexibility index (Phi) is 19.3. The van der Waals surface area contributed by atoms with Crippen LogP contribution in [0.1, 0.15) is 20.3 Å². The molecule has 0 heterocycles. The highest BCUT2D eigenvalue weighted by Gasteiger charge is 1.67. The summed E-state index contributed by atoms with van der Waals surface area (Å²) in [5.74, 6) is 0. The Morgan fingerprint density at radius 1 is 1.27 bits per heavy atom. The molecule has 0 fully saturated rings. The molecule has 0 atom stereocenters. The van der Waals surface area contributed by atoms with Crippen LogP contribution in [0.2, 0.25) is 0 Å². The second-order valence-corrected chi connectivity index (χ2v) is 1.68. The summed E-state index contributed by atoms with van der Waals surface area (Å²) in [5.41, 5.74) is 0. The molecule has 0 rings (SSSR count). The Labute approximate surface area is 68.3 Å². The molecule has 0 radical (unpaired) electrons. The molecule has 0 aliphatic rings. The molecule has 0 aromatic rings. The van der Waals surface area contributed by atoms with E-state index >= 15 is 0 Å². The van der Waals surface area contributed by atoms with Crippen LogP contribution in [0.3, 0.4) is 0 Å². The summed E-state index contributed by atoms with van der Waals surface area (Å²) < 4.78 is 4.83. The monoisotopic (exact) mass is 162 g/mol. The Bertz CT molecular complexity index is 69.7. The quantitative estimate of drug-likeness (QED) is 0.616. The van der Waals surface area contributed by atoms with E-state index in [1.807, 2.05) is 13.8 Å². The summed E-state index contributed by atoms with van der Waals surface area (Å²) >= 11 is 0. The van der Waals surface area contributed by atoms with Gasteiger partial charge in [-0.3, -0.25) is 0 Å².